The predicted molar refractivity (Wildman–Crippen MR) is 229 cm³/mol. The zero-order valence-corrected chi connectivity index (χ0v) is 34.7. The van der Waals surface area contributed by atoms with Crippen LogP contribution >= 0.6 is 0 Å². The Labute approximate surface area is 304 Å². The maximum Gasteiger partial charge on any atom is 0.252 e. The van der Waals surface area contributed by atoms with Gasteiger partial charge in [-0.3, -0.25) is 0 Å². The van der Waals surface area contributed by atoms with Crippen molar-refractivity contribution in [1.29, 1.82) is 0 Å². The molecule has 2 nitrogen and oxygen atoms in total. The molecule has 5 aromatic rings. The van der Waals surface area contributed by atoms with E-state index in [9.17, 15) is 0 Å². The van der Waals surface area contributed by atoms with Gasteiger partial charge in [0.15, 0.2) is 0 Å². The molecule has 0 saturated carbocycles. The van der Waals surface area contributed by atoms with Crippen molar-refractivity contribution in [2.75, 3.05) is 9.80 Å². The van der Waals surface area contributed by atoms with E-state index in [-0.39, 0.29) is 17.5 Å². The van der Waals surface area contributed by atoms with Crippen LogP contribution in [0.1, 0.15) is 58.2 Å². The summed E-state index contributed by atoms with van der Waals surface area (Å²) < 4.78 is 0. The molecule has 50 heavy (non-hydrogen) atoms. The molecule has 0 unspecified atom stereocenters. The number of hydrogen-bond acceptors (Lipinski definition) is 2. The molecule has 5 aromatic carbocycles. The second kappa shape index (κ2) is 11.6. The molecule has 0 atom stereocenters. The zero-order chi connectivity index (χ0) is 36.1. The summed E-state index contributed by atoms with van der Waals surface area (Å²) in [5, 5.41) is 3.00. The average molecular weight is 691 g/mol. The molecule has 5 heteroatoms. The SMILES string of the molecule is Cc1cc2c3c(c1)N(c1ccc([Si](C)(C)C)cc1)c1ccc([Si](C)(C)C)cc1B3c1cc(C(C)(C)C)ccc1N2c1ccc(C(C)(C)C)cc1. The summed E-state index contributed by atoms with van der Waals surface area (Å²) >= 11 is 0. The predicted octanol–water partition coefficient (Wildman–Crippen LogP) is 9.76. The lowest BCUT2D eigenvalue weighted by atomic mass is 9.33. The summed E-state index contributed by atoms with van der Waals surface area (Å²) in [5.74, 6) is 0. The zero-order valence-electron chi connectivity index (χ0n) is 32.7. The fraction of sp³-hybridized carbons (Fsp3) is 0.333. The van der Waals surface area contributed by atoms with Gasteiger partial charge in [0.05, 0.1) is 16.1 Å². The highest BCUT2D eigenvalue weighted by Crippen LogP contribution is 2.45. The van der Waals surface area contributed by atoms with Crippen LogP contribution in [0.2, 0.25) is 39.3 Å². The molecule has 2 aliphatic heterocycles. The molecule has 256 valence electrons. The molecule has 7 rings (SSSR count). The van der Waals surface area contributed by atoms with Crippen LogP contribution in [-0.4, -0.2) is 22.9 Å². The number of hydrogen-bond donors (Lipinski definition) is 0. The summed E-state index contributed by atoms with van der Waals surface area (Å²) in [7, 11) is -3.05. The smallest absolute Gasteiger partial charge is 0.252 e. The Bertz CT molecular complexity index is 1960. The number of anilines is 6. The molecule has 2 aliphatic rings. The third-order valence-electron chi connectivity index (χ3n) is 10.9. The van der Waals surface area contributed by atoms with Gasteiger partial charge in [-0.2, -0.15) is 0 Å². The van der Waals surface area contributed by atoms with Crippen LogP contribution in [0.4, 0.5) is 34.1 Å². The van der Waals surface area contributed by atoms with E-state index >= 15 is 0 Å². The topological polar surface area (TPSA) is 6.48 Å². The van der Waals surface area contributed by atoms with Crippen LogP contribution in [-0.2, 0) is 10.8 Å². The first kappa shape index (κ1) is 34.6. The average Bonchev–Trinajstić information content (AvgIpc) is 3.02. The lowest BCUT2D eigenvalue weighted by Crippen LogP contribution is -2.62. The first-order valence-electron chi connectivity index (χ1n) is 18.5. The Hall–Kier alpha value is -3.80. The van der Waals surface area contributed by atoms with E-state index in [1.54, 1.807) is 0 Å². The molecule has 0 aromatic heterocycles. The first-order chi connectivity index (χ1) is 23.2. The molecule has 0 spiro atoms. The van der Waals surface area contributed by atoms with Gasteiger partial charge in [-0.25, -0.2) is 0 Å². The highest BCUT2D eigenvalue weighted by Gasteiger charge is 2.44. The number of rotatable bonds is 4. The Balaban J connectivity index is 1.57. The van der Waals surface area contributed by atoms with Crippen LogP contribution in [0, 0.1) is 6.92 Å². The molecular formula is C45H55BN2Si2. The summed E-state index contributed by atoms with van der Waals surface area (Å²) in [5.41, 5.74) is 16.0. The summed E-state index contributed by atoms with van der Waals surface area (Å²) in [6, 6.07) is 38.5. The Morgan fingerprint density at radius 2 is 0.880 bits per heavy atom. The van der Waals surface area contributed by atoms with Crippen LogP contribution in [0.5, 0.6) is 0 Å². The van der Waals surface area contributed by atoms with Gasteiger partial charge in [0.1, 0.15) is 0 Å². The van der Waals surface area contributed by atoms with Gasteiger partial charge >= 0.3 is 0 Å². The van der Waals surface area contributed by atoms with Gasteiger partial charge in [-0.1, -0.05) is 140 Å². The molecule has 0 bridgehead atoms. The minimum Gasteiger partial charge on any atom is -0.311 e. The number of nitrogens with zero attached hydrogens (tertiary/aromatic N) is 2. The van der Waals surface area contributed by atoms with E-state index in [1.165, 1.54) is 77.6 Å². The fourth-order valence-corrected chi connectivity index (χ4v) is 10.2. The van der Waals surface area contributed by atoms with Gasteiger partial charge in [-0.15, -0.1) is 0 Å². The highest BCUT2D eigenvalue weighted by atomic mass is 28.3. The van der Waals surface area contributed by atoms with E-state index in [1.807, 2.05) is 0 Å². The lowest BCUT2D eigenvalue weighted by molar-refractivity contribution is 0.590. The highest BCUT2D eigenvalue weighted by molar-refractivity contribution is 7.01. The minimum absolute atomic E-state index is 0.0341. The fourth-order valence-electron chi connectivity index (χ4n) is 7.85. The second-order valence-corrected chi connectivity index (χ2v) is 29.1. The number of aryl methyl sites for hydroxylation is 1. The third kappa shape index (κ3) is 5.90. The molecule has 2 heterocycles. The monoisotopic (exact) mass is 690 g/mol. The van der Waals surface area contributed by atoms with Crippen molar-refractivity contribution in [3.8, 4) is 0 Å². The van der Waals surface area contributed by atoms with Crippen LogP contribution in [0.15, 0.2) is 97.1 Å². The lowest BCUT2D eigenvalue weighted by Gasteiger charge is -2.45. The maximum absolute atomic E-state index is 2.59. The van der Waals surface area contributed by atoms with Crippen LogP contribution < -0.4 is 36.6 Å². The Morgan fingerprint density at radius 3 is 1.36 bits per heavy atom. The molecule has 0 saturated heterocycles. The maximum atomic E-state index is 2.59. The van der Waals surface area contributed by atoms with Crippen molar-refractivity contribution in [2.24, 2.45) is 0 Å². The first-order valence-corrected chi connectivity index (χ1v) is 25.5. The van der Waals surface area contributed by atoms with E-state index in [0.717, 1.165) is 0 Å². The van der Waals surface area contributed by atoms with Crippen molar-refractivity contribution < 1.29 is 0 Å². The number of benzene rings is 5. The van der Waals surface area contributed by atoms with Crippen molar-refractivity contribution in [2.45, 2.75) is 98.6 Å². The van der Waals surface area contributed by atoms with Gasteiger partial charge in [-0.05, 0) is 99.4 Å². The third-order valence-corrected chi connectivity index (χ3v) is 15.0. The molecule has 0 amide bonds. The normalized spacial score (nSPS) is 14.4. The molecule has 0 N–H and O–H groups in total. The molecule has 0 radical (unpaired) electrons. The van der Waals surface area contributed by atoms with Gasteiger partial charge in [0, 0.05) is 34.1 Å². The standard InChI is InChI=1S/C45H55BN2Si2/c1-30-26-41-43-42(27-30)48(34-19-21-35(22-20-34)49(8,9)10)40-25-23-36(50(11,12)13)29-38(40)46(43)37-28-32(45(5,6)7)16-24-39(37)47(41)33-17-14-31(15-18-33)44(2,3)4/h14-29H,1-13H3. The molecule has 0 fully saturated rings. The van der Waals surface area contributed by atoms with Gasteiger partial charge < -0.3 is 9.80 Å². The largest absolute Gasteiger partial charge is 0.311 e. The molecular weight excluding hydrogens is 635 g/mol. The van der Waals surface area contributed by atoms with Crippen LogP contribution in [0.3, 0.4) is 0 Å². The summed E-state index contributed by atoms with van der Waals surface area (Å²) in [6.45, 7) is 31.0. The van der Waals surface area contributed by atoms with Crippen molar-refractivity contribution >= 4 is 83.7 Å². The van der Waals surface area contributed by atoms with E-state index < -0.39 is 16.1 Å². The van der Waals surface area contributed by atoms with E-state index in [2.05, 4.69) is 195 Å². The van der Waals surface area contributed by atoms with Crippen molar-refractivity contribution in [3.63, 3.8) is 0 Å². The van der Waals surface area contributed by atoms with E-state index in [0.29, 0.717) is 0 Å². The quantitative estimate of drug-likeness (QED) is 0.170. The molecule has 0 aliphatic carbocycles. The number of fused-ring (bicyclic) bond motifs is 4. The minimum atomic E-state index is -1.60. The Morgan fingerprint density at radius 1 is 0.460 bits per heavy atom. The van der Waals surface area contributed by atoms with Crippen molar-refractivity contribution in [1.82, 2.24) is 0 Å². The van der Waals surface area contributed by atoms with E-state index in [4.69, 9.17) is 0 Å². The summed E-state index contributed by atoms with van der Waals surface area (Å²) in [6.07, 6.45) is 0. The second-order valence-electron chi connectivity index (χ2n) is 19.0. The van der Waals surface area contributed by atoms with Gasteiger partial charge in [0.25, 0.3) is 6.71 Å². The van der Waals surface area contributed by atoms with Gasteiger partial charge in [0.2, 0.25) is 0 Å². The Kier molecular flexibility index (Phi) is 8.04. The van der Waals surface area contributed by atoms with Crippen molar-refractivity contribution in [3.05, 3.63) is 114 Å². The summed E-state index contributed by atoms with van der Waals surface area (Å²) in [4.78, 5) is 5.12. The van der Waals surface area contributed by atoms with Crippen LogP contribution in [0.25, 0.3) is 0 Å².